The normalized spacial score (nSPS) is 13.5. The molecule has 5 heteroatoms. The van der Waals surface area contributed by atoms with Crippen molar-refractivity contribution in [3.8, 4) is 5.75 Å². The van der Waals surface area contributed by atoms with Gasteiger partial charge in [0.05, 0.1) is 13.7 Å². The van der Waals surface area contributed by atoms with Crippen LogP contribution in [0.15, 0.2) is 59.0 Å². The van der Waals surface area contributed by atoms with Gasteiger partial charge in [-0.25, -0.2) is 0 Å². The van der Waals surface area contributed by atoms with E-state index in [4.69, 9.17) is 9.15 Å². The van der Waals surface area contributed by atoms with E-state index in [1.807, 2.05) is 42.5 Å². The van der Waals surface area contributed by atoms with Crippen LogP contribution in [0.3, 0.4) is 0 Å². The minimum Gasteiger partial charge on any atom is -0.493 e. The molecule has 1 atom stereocenters. The maximum atomic E-state index is 12.3. The molecule has 3 rings (SSSR count). The predicted molar refractivity (Wildman–Crippen MR) is 91.1 cm³/mol. The molecule has 24 heavy (non-hydrogen) atoms. The Bertz CT molecular complexity index is 852. The van der Waals surface area contributed by atoms with Crippen LogP contribution in [0.1, 0.15) is 23.0 Å². The minimum absolute atomic E-state index is 0.0734. The zero-order valence-electron chi connectivity index (χ0n) is 13.6. The van der Waals surface area contributed by atoms with Crippen molar-refractivity contribution in [2.45, 2.75) is 12.5 Å². The number of hydrogen-bond acceptors (Lipinski definition) is 4. The van der Waals surface area contributed by atoms with Crippen molar-refractivity contribution in [1.82, 2.24) is 5.32 Å². The van der Waals surface area contributed by atoms with Crippen molar-refractivity contribution >= 4 is 16.9 Å². The van der Waals surface area contributed by atoms with E-state index in [2.05, 4.69) is 5.32 Å². The first-order valence-corrected chi connectivity index (χ1v) is 7.64. The summed E-state index contributed by atoms with van der Waals surface area (Å²) in [7, 11) is 1.55. The largest absolute Gasteiger partial charge is 0.493 e. The summed E-state index contributed by atoms with van der Waals surface area (Å²) in [5.41, 5.74) is 0.0946. The molecular weight excluding hydrogens is 306 g/mol. The van der Waals surface area contributed by atoms with Crippen LogP contribution < -0.4 is 10.1 Å². The van der Waals surface area contributed by atoms with Gasteiger partial charge < -0.3 is 19.6 Å². The Kier molecular flexibility index (Phi) is 4.27. The highest BCUT2D eigenvalue weighted by Gasteiger charge is 2.24. The van der Waals surface area contributed by atoms with Crippen molar-refractivity contribution in [3.63, 3.8) is 0 Å². The van der Waals surface area contributed by atoms with Crippen molar-refractivity contribution in [2.24, 2.45) is 0 Å². The molecule has 0 radical (unpaired) electrons. The van der Waals surface area contributed by atoms with E-state index in [1.54, 1.807) is 26.2 Å². The van der Waals surface area contributed by atoms with Crippen molar-refractivity contribution in [3.05, 3.63) is 65.9 Å². The Balaban J connectivity index is 1.76. The SMILES string of the molecule is COc1cccc2cc(C(=O)NCC(C)(O)c3ccccc3)oc12. The van der Waals surface area contributed by atoms with Crippen LogP contribution in [-0.2, 0) is 5.60 Å². The average molecular weight is 325 g/mol. The Morgan fingerprint density at radius 1 is 1.21 bits per heavy atom. The zero-order chi connectivity index (χ0) is 17.2. The van der Waals surface area contributed by atoms with Crippen LogP contribution in [0.2, 0.25) is 0 Å². The number of carbonyl (C=O) groups excluding carboxylic acids is 1. The highest BCUT2D eigenvalue weighted by atomic mass is 16.5. The molecule has 0 aliphatic rings. The molecule has 0 spiro atoms. The lowest BCUT2D eigenvalue weighted by atomic mass is 9.96. The molecule has 1 unspecified atom stereocenters. The van der Waals surface area contributed by atoms with Crippen LogP contribution >= 0.6 is 0 Å². The van der Waals surface area contributed by atoms with Crippen molar-refractivity contribution in [2.75, 3.05) is 13.7 Å². The molecule has 0 saturated carbocycles. The number of methoxy groups -OCH3 is 1. The number of aliphatic hydroxyl groups is 1. The number of furan rings is 1. The van der Waals surface area contributed by atoms with Crippen LogP contribution in [0, 0.1) is 0 Å². The summed E-state index contributed by atoms with van der Waals surface area (Å²) in [4.78, 5) is 12.3. The molecule has 2 aromatic carbocycles. The molecule has 0 aliphatic carbocycles. The molecule has 124 valence electrons. The fourth-order valence-electron chi connectivity index (χ4n) is 2.55. The summed E-state index contributed by atoms with van der Waals surface area (Å²) in [6.07, 6.45) is 0. The lowest BCUT2D eigenvalue weighted by Gasteiger charge is -2.23. The second kappa shape index (κ2) is 6.37. The Morgan fingerprint density at radius 2 is 1.96 bits per heavy atom. The van der Waals surface area contributed by atoms with Gasteiger partial charge in [0.2, 0.25) is 0 Å². The second-order valence-electron chi connectivity index (χ2n) is 5.81. The van der Waals surface area contributed by atoms with Gasteiger partial charge in [-0.2, -0.15) is 0 Å². The number of ether oxygens (including phenoxy) is 1. The monoisotopic (exact) mass is 325 g/mol. The van der Waals surface area contributed by atoms with Crippen LogP contribution in [0.5, 0.6) is 5.75 Å². The lowest BCUT2D eigenvalue weighted by Crippen LogP contribution is -2.38. The molecule has 1 amide bonds. The maximum absolute atomic E-state index is 12.3. The number of carbonyl (C=O) groups is 1. The molecule has 0 fully saturated rings. The van der Waals surface area contributed by atoms with Gasteiger partial charge in [-0.15, -0.1) is 0 Å². The van der Waals surface area contributed by atoms with Gasteiger partial charge in [0.1, 0.15) is 5.60 Å². The average Bonchev–Trinajstić information content (AvgIpc) is 3.05. The van der Waals surface area contributed by atoms with Gasteiger partial charge in [0, 0.05) is 5.39 Å². The molecular formula is C19H19NO4. The predicted octanol–water partition coefficient (Wildman–Crippen LogP) is 3.08. The van der Waals surface area contributed by atoms with Gasteiger partial charge in [0.15, 0.2) is 17.1 Å². The lowest BCUT2D eigenvalue weighted by molar-refractivity contribution is 0.0519. The standard InChI is InChI=1S/C19H19NO4/c1-19(22,14-8-4-3-5-9-14)12-20-18(21)16-11-13-7-6-10-15(23-2)17(13)24-16/h3-11,22H,12H2,1-2H3,(H,20,21). The molecule has 0 aliphatic heterocycles. The molecule has 0 saturated heterocycles. The second-order valence-corrected chi connectivity index (χ2v) is 5.81. The number of benzene rings is 2. The van der Waals surface area contributed by atoms with E-state index in [0.29, 0.717) is 11.3 Å². The summed E-state index contributed by atoms with van der Waals surface area (Å²) in [6.45, 7) is 1.73. The van der Waals surface area contributed by atoms with Crippen molar-refractivity contribution < 1.29 is 19.1 Å². The van der Waals surface area contributed by atoms with E-state index in [0.717, 1.165) is 10.9 Å². The van der Waals surface area contributed by atoms with Crippen LogP contribution in [0.4, 0.5) is 0 Å². The first-order chi connectivity index (χ1) is 11.5. The highest BCUT2D eigenvalue weighted by molar-refractivity contribution is 5.97. The molecule has 2 N–H and O–H groups in total. The molecule has 0 bridgehead atoms. The van der Waals surface area contributed by atoms with Gasteiger partial charge in [-0.3, -0.25) is 4.79 Å². The number of fused-ring (bicyclic) bond motifs is 1. The summed E-state index contributed by atoms with van der Waals surface area (Å²) in [5.74, 6) is 0.366. The maximum Gasteiger partial charge on any atom is 0.287 e. The van der Waals surface area contributed by atoms with Gasteiger partial charge >= 0.3 is 0 Å². The Hall–Kier alpha value is -2.79. The van der Waals surface area contributed by atoms with E-state index in [9.17, 15) is 9.90 Å². The Morgan fingerprint density at radius 3 is 2.67 bits per heavy atom. The summed E-state index contributed by atoms with van der Waals surface area (Å²) < 4.78 is 10.8. The summed E-state index contributed by atoms with van der Waals surface area (Å²) in [6, 6.07) is 16.3. The number of amides is 1. The molecule has 1 heterocycles. The smallest absolute Gasteiger partial charge is 0.287 e. The summed E-state index contributed by atoms with van der Waals surface area (Å²) >= 11 is 0. The van der Waals surface area contributed by atoms with Gasteiger partial charge in [-0.1, -0.05) is 42.5 Å². The topological polar surface area (TPSA) is 71.7 Å². The first-order valence-electron chi connectivity index (χ1n) is 7.64. The van der Waals surface area contributed by atoms with E-state index < -0.39 is 5.60 Å². The molecule has 5 nitrogen and oxygen atoms in total. The number of rotatable bonds is 5. The molecule has 3 aromatic rings. The third-order valence-corrected chi connectivity index (χ3v) is 3.94. The van der Waals surface area contributed by atoms with E-state index in [-0.39, 0.29) is 18.2 Å². The minimum atomic E-state index is -1.17. The van der Waals surface area contributed by atoms with Gasteiger partial charge in [0.25, 0.3) is 5.91 Å². The molecule has 1 aromatic heterocycles. The zero-order valence-corrected chi connectivity index (χ0v) is 13.6. The fraction of sp³-hybridized carbons (Fsp3) is 0.211. The van der Waals surface area contributed by atoms with Gasteiger partial charge in [-0.05, 0) is 24.6 Å². The third kappa shape index (κ3) is 3.12. The van der Waals surface area contributed by atoms with Crippen LogP contribution in [0.25, 0.3) is 11.0 Å². The number of hydrogen-bond donors (Lipinski definition) is 2. The van der Waals surface area contributed by atoms with Crippen LogP contribution in [-0.4, -0.2) is 24.7 Å². The quantitative estimate of drug-likeness (QED) is 0.756. The first kappa shape index (κ1) is 16.1. The summed E-state index contributed by atoms with van der Waals surface area (Å²) in [5, 5.41) is 14.0. The van der Waals surface area contributed by atoms with E-state index in [1.165, 1.54) is 0 Å². The third-order valence-electron chi connectivity index (χ3n) is 3.94. The highest BCUT2D eigenvalue weighted by Crippen LogP contribution is 2.28. The number of nitrogens with one attached hydrogen (secondary N) is 1. The number of para-hydroxylation sites is 1. The Labute approximate surface area is 139 Å². The fourth-order valence-corrected chi connectivity index (χ4v) is 2.55. The van der Waals surface area contributed by atoms with E-state index >= 15 is 0 Å². The van der Waals surface area contributed by atoms with Crippen molar-refractivity contribution in [1.29, 1.82) is 0 Å².